The van der Waals surface area contributed by atoms with Crippen LogP contribution < -0.4 is 10.1 Å². The lowest BCUT2D eigenvalue weighted by Gasteiger charge is -2.27. The molecule has 2 N–H and O–H groups in total. The van der Waals surface area contributed by atoms with Crippen LogP contribution in [-0.4, -0.2) is 42.1 Å². The van der Waals surface area contributed by atoms with Crippen molar-refractivity contribution in [3.63, 3.8) is 0 Å². The van der Waals surface area contributed by atoms with Crippen LogP contribution in [0.5, 0.6) is 5.75 Å². The fourth-order valence-electron chi connectivity index (χ4n) is 3.88. The number of aliphatic carboxylic acids is 1. The molecule has 186 valence electrons. The van der Waals surface area contributed by atoms with Crippen molar-refractivity contribution in [2.45, 2.75) is 38.9 Å². The van der Waals surface area contributed by atoms with Crippen LogP contribution in [0, 0.1) is 17.4 Å². The van der Waals surface area contributed by atoms with Crippen LogP contribution >= 0.6 is 0 Å². The van der Waals surface area contributed by atoms with E-state index in [1.165, 1.54) is 13.2 Å². The summed E-state index contributed by atoms with van der Waals surface area (Å²) in [5, 5.41) is 21.4. The first kappa shape index (κ1) is 25.9. The maximum atomic E-state index is 13.6. The lowest BCUT2D eigenvalue weighted by Crippen LogP contribution is -2.42. The number of nitrogens with zero attached hydrogens (tertiary/aromatic N) is 3. The summed E-state index contributed by atoms with van der Waals surface area (Å²) in [6, 6.07) is 8.32. The number of nitriles is 1. The van der Waals surface area contributed by atoms with Gasteiger partial charge in [-0.25, -0.2) is 0 Å². The average Bonchev–Trinajstić information content (AvgIpc) is 3.61. The molecule has 0 radical (unpaired) electrons. The summed E-state index contributed by atoms with van der Waals surface area (Å²) in [5.41, 5.74) is 1.02. The number of carboxylic acids is 1. The molecule has 3 rings (SSSR count). The van der Waals surface area contributed by atoms with Gasteiger partial charge in [-0.2, -0.15) is 18.4 Å². The summed E-state index contributed by atoms with van der Waals surface area (Å²) in [6.07, 6.45) is -1.01. The average molecular weight is 489 g/mol. The van der Waals surface area contributed by atoms with Crippen LogP contribution in [0.2, 0.25) is 0 Å². The third-order valence-electron chi connectivity index (χ3n) is 5.67. The van der Waals surface area contributed by atoms with Crippen LogP contribution in [0.3, 0.4) is 0 Å². The Morgan fingerprint density at radius 2 is 2.00 bits per heavy atom. The largest absolute Gasteiger partial charge is 0.496 e. The van der Waals surface area contributed by atoms with Gasteiger partial charge in [-0.15, -0.1) is 4.99 Å². The molecule has 0 spiro atoms. The third kappa shape index (κ3) is 6.88. The van der Waals surface area contributed by atoms with Crippen LogP contribution in [-0.2, 0) is 23.9 Å². The smallest absolute Gasteiger partial charge is 0.416 e. The number of carbonyl (C=O) groups is 1. The monoisotopic (exact) mass is 488 g/mol. The second-order valence-electron chi connectivity index (χ2n) is 8.36. The predicted octanol–water partition coefficient (Wildman–Crippen LogP) is 4.67. The Balaban J connectivity index is 2.14. The van der Waals surface area contributed by atoms with Gasteiger partial charge in [-0.05, 0) is 66.6 Å². The fraction of sp³-hybridized carbons (Fsp3) is 0.400. The quantitative estimate of drug-likeness (QED) is 0.303. The normalized spacial score (nSPS) is 13.8. The van der Waals surface area contributed by atoms with E-state index in [9.17, 15) is 23.1 Å². The molecule has 0 bridgehead atoms. The second kappa shape index (κ2) is 11.1. The Labute approximate surface area is 201 Å². The Morgan fingerprint density at radius 3 is 2.57 bits per heavy atom. The van der Waals surface area contributed by atoms with Crippen molar-refractivity contribution >= 4 is 11.9 Å². The van der Waals surface area contributed by atoms with E-state index in [-0.39, 0.29) is 13.0 Å². The number of hydrogen-bond acceptors (Lipinski definition) is 4. The first-order chi connectivity index (χ1) is 16.7. The zero-order valence-corrected chi connectivity index (χ0v) is 19.5. The third-order valence-corrected chi connectivity index (χ3v) is 5.67. The van der Waals surface area contributed by atoms with Gasteiger partial charge in [-0.3, -0.25) is 4.79 Å². The zero-order chi connectivity index (χ0) is 25.6. The zero-order valence-electron chi connectivity index (χ0n) is 19.5. The topological polar surface area (TPSA) is 98.0 Å². The Hall–Kier alpha value is -3.74. The van der Waals surface area contributed by atoms with E-state index in [1.807, 2.05) is 6.92 Å². The van der Waals surface area contributed by atoms with E-state index in [4.69, 9.17) is 10.00 Å². The minimum Gasteiger partial charge on any atom is -0.496 e. The van der Waals surface area contributed by atoms with Gasteiger partial charge >= 0.3 is 12.1 Å². The Bertz CT molecular complexity index is 1140. The lowest BCUT2D eigenvalue weighted by atomic mass is 9.94. The summed E-state index contributed by atoms with van der Waals surface area (Å²) < 4.78 is 46.3. The number of guanidine groups is 1. The summed E-state index contributed by atoms with van der Waals surface area (Å²) >= 11 is 0. The number of ether oxygens (including phenoxy) is 1. The van der Waals surface area contributed by atoms with Gasteiger partial charge in [0, 0.05) is 25.2 Å². The highest BCUT2D eigenvalue weighted by atomic mass is 19.4. The minimum absolute atomic E-state index is 0.0651. The molecule has 7 nitrogen and oxygen atoms in total. The highest BCUT2D eigenvalue weighted by Gasteiger charge is 2.32. The molecule has 2 aromatic rings. The van der Waals surface area contributed by atoms with Gasteiger partial charge in [0.15, 0.2) is 0 Å². The fourth-order valence-corrected chi connectivity index (χ4v) is 3.88. The molecule has 35 heavy (non-hydrogen) atoms. The van der Waals surface area contributed by atoms with Crippen molar-refractivity contribution < 1.29 is 27.8 Å². The second-order valence-corrected chi connectivity index (χ2v) is 8.36. The number of halogens is 3. The van der Waals surface area contributed by atoms with E-state index in [1.54, 1.807) is 29.3 Å². The molecule has 2 aromatic carbocycles. The molecule has 1 aliphatic carbocycles. The van der Waals surface area contributed by atoms with Crippen LogP contribution in [0.25, 0.3) is 11.1 Å². The van der Waals surface area contributed by atoms with Gasteiger partial charge in [0.05, 0.1) is 19.1 Å². The van der Waals surface area contributed by atoms with Crippen molar-refractivity contribution in [3.05, 3.63) is 53.1 Å². The maximum Gasteiger partial charge on any atom is 0.416 e. The van der Waals surface area contributed by atoms with Gasteiger partial charge in [0.1, 0.15) is 5.75 Å². The van der Waals surface area contributed by atoms with E-state index in [0.29, 0.717) is 53.0 Å². The molecular weight excluding hydrogens is 461 g/mol. The minimum atomic E-state index is -4.55. The summed E-state index contributed by atoms with van der Waals surface area (Å²) in [7, 11) is 1.45. The van der Waals surface area contributed by atoms with E-state index in [0.717, 1.165) is 25.0 Å². The summed E-state index contributed by atoms with van der Waals surface area (Å²) in [5.74, 6) is 0.0657. The molecule has 1 aliphatic rings. The number of alkyl halides is 3. The maximum absolute atomic E-state index is 13.6. The van der Waals surface area contributed by atoms with Crippen LogP contribution in [0.15, 0.2) is 41.4 Å². The molecule has 0 aliphatic heterocycles. The molecule has 1 saturated carbocycles. The number of methoxy groups -OCH3 is 1. The molecule has 10 heteroatoms. The molecular formula is C25H27F3N4O3. The van der Waals surface area contributed by atoms with Crippen molar-refractivity contribution in [1.82, 2.24) is 10.2 Å². The number of hydrogen-bond donors (Lipinski definition) is 2. The van der Waals surface area contributed by atoms with E-state index in [2.05, 4.69) is 10.3 Å². The van der Waals surface area contributed by atoms with Gasteiger partial charge < -0.3 is 20.1 Å². The molecule has 0 amide bonds. The Morgan fingerprint density at radius 1 is 1.26 bits per heavy atom. The highest BCUT2D eigenvalue weighted by Crippen LogP contribution is 2.38. The van der Waals surface area contributed by atoms with Crippen molar-refractivity contribution in [2.75, 3.05) is 20.2 Å². The first-order valence-electron chi connectivity index (χ1n) is 11.2. The molecule has 0 atom stereocenters. The molecule has 0 aromatic heterocycles. The van der Waals surface area contributed by atoms with Gasteiger partial charge in [0.25, 0.3) is 0 Å². The van der Waals surface area contributed by atoms with Gasteiger partial charge in [0.2, 0.25) is 12.2 Å². The highest BCUT2D eigenvalue weighted by molar-refractivity contribution is 5.82. The number of carboxylic acid groups (broad SMARTS) is 1. The van der Waals surface area contributed by atoms with Crippen molar-refractivity contribution in [3.8, 4) is 23.1 Å². The van der Waals surface area contributed by atoms with Crippen LogP contribution in [0.1, 0.15) is 36.5 Å². The Kier molecular flexibility index (Phi) is 8.22. The lowest BCUT2D eigenvalue weighted by molar-refractivity contribution is -0.138. The molecule has 0 heterocycles. The number of rotatable bonds is 9. The molecule has 0 unspecified atom stereocenters. The molecule has 1 fully saturated rings. The number of benzene rings is 2. The first-order valence-corrected chi connectivity index (χ1v) is 11.2. The SMILES string of the molecule is CCNC(=NC#N)N(Cc1cc(C(F)(F)F)ccc1-c1cc(CC(=O)O)ccc1OC)CC1CC1. The van der Waals surface area contributed by atoms with E-state index >= 15 is 0 Å². The standard InChI is InChI=1S/C25H27F3N4O3/c1-3-30-24(31-15-29)32(13-16-4-5-16)14-18-12-19(25(26,27)28)7-8-20(18)21-10-17(11-23(33)34)6-9-22(21)35-2/h6-10,12,16H,3-5,11,13-14H2,1-2H3,(H,30,31)(H,33,34). The summed E-state index contributed by atoms with van der Waals surface area (Å²) in [6.45, 7) is 2.94. The molecule has 0 saturated heterocycles. The predicted molar refractivity (Wildman–Crippen MR) is 125 cm³/mol. The van der Waals surface area contributed by atoms with Crippen molar-refractivity contribution in [1.29, 1.82) is 5.26 Å². The summed E-state index contributed by atoms with van der Waals surface area (Å²) in [4.78, 5) is 16.9. The van der Waals surface area contributed by atoms with E-state index < -0.39 is 17.7 Å². The van der Waals surface area contributed by atoms with Crippen LogP contribution in [0.4, 0.5) is 13.2 Å². The number of aliphatic imine (C=N–C) groups is 1. The van der Waals surface area contributed by atoms with Gasteiger partial charge in [-0.1, -0.05) is 12.1 Å². The van der Waals surface area contributed by atoms with Crippen molar-refractivity contribution in [2.24, 2.45) is 10.9 Å². The number of nitrogens with one attached hydrogen (secondary N) is 1.